The molecule has 1 unspecified atom stereocenters. The molecule has 4 nitrogen and oxygen atoms in total. The summed E-state index contributed by atoms with van der Waals surface area (Å²) in [6.07, 6.45) is 0. The zero-order chi connectivity index (χ0) is 5.98. The van der Waals surface area contributed by atoms with Gasteiger partial charge in [-0.1, -0.05) is 0 Å². The summed E-state index contributed by atoms with van der Waals surface area (Å²) >= 11 is 0. The minimum absolute atomic E-state index is 0.0556. The molecule has 1 fully saturated rings. The van der Waals surface area contributed by atoms with Gasteiger partial charge in [0.25, 0.3) is 0 Å². The number of hydrogen-bond acceptors (Lipinski definition) is 4. The molecule has 1 heterocycles. The molecule has 0 amide bonds. The maximum Gasteiger partial charge on any atom is 0.224 e. The van der Waals surface area contributed by atoms with Crippen molar-refractivity contribution in [1.29, 1.82) is 0 Å². The van der Waals surface area contributed by atoms with Crippen LogP contribution in [0.5, 0.6) is 0 Å². The number of hydrogen-bond donors (Lipinski definition) is 2. The molecule has 0 aromatic carbocycles. The minimum Gasteiger partial charge on any atom is -0.329 e. The first-order valence-electron chi connectivity index (χ1n) is 2.52. The lowest BCUT2D eigenvalue weighted by Gasteiger charge is -1.93. The van der Waals surface area contributed by atoms with Gasteiger partial charge < -0.3 is 4.52 Å². The second-order valence-corrected chi connectivity index (χ2v) is 2.98. The van der Waals surface area contributed by atoms with Crippen molar-refractivity contribution in [2.75, 3.05) is 6.61 Å². The summed E-state index contributed by atoms with van der Waals surface area (Å²) in [4.78, 5) is 0. The average molecular weight is 136 g/mol. The zero-order valence-electron chi connectivity index (χ0n) is 4.60. The van der Waals surface area contributed by atoms with Crippen molar-refractivity contribution in [3.8, 4) is 0 Å². The van der Waals surface area contributed by atoms with E-state index in [9.17, 15) is 4.57 Å². The van der Waals surface area contributed by atoms with Crippen molar-refractivity contribution in [1.82, 2.24) is 10.9 Å². The van der Waals surface area contributed by atoms with E-state index in [4.69, 9.17) is 4.52 Å². The maximum absolute atomic E-state index is 10.6. The summed E-state index contributed by atoms with van der Waals surface area (Å²) in [5, 5.41) is 0. The van der Waals surface area contributed by atoms with Crippen molar-refractivity contribution in [3.63, 3.8) is 0 Å². The van der Waals surface area contributed by atoms with E-state index in [1.54, 1.807) is 0 Å². The molecular weight excluding hydrogens is 127 g/mol. The lowest BCUT2D eigenvalue weighted by molar-refractivity contribution is 0.349. The third-order valence-corrected chi connectivity index (χ3v) is 2.14. The van der Waals surface area contributed by atoms with Crippen LogP contribution in [0.4, 0.5) is 0 Å². The highest BCUT2D eigenvalue weighted by Gasteiger charge is 2.26. The molecule has 1 atom stereocenters. The molecule has 48 valence electrons. The fraction of sp³-hybridized carbons (Fsp3) is 1.00. The van der Waals surface area contributed by atoms with Crippen LogP contribution < -0.4 is 10.9 Å². The van der Waals surface area contributed by atoms with E-state index >= 15 is 0 Å². The zero-order valence-corrected chi connectivity index (χ0v) is 5.60. The molecule has 0 aliphatic carbocycles. The average Bonchev–Trinajstić information content (AvgIpc) is 2.45. The van der Waals surface area contributed by atoms with E-state index in [0.29, 0.717) is 6.61 Å². The van der Waals surface area contributed by atoms with Gasteiger partial charge in [0.15, 0.2) is 5.91 Å². The number of nitrogens with one attached hydrogen (secondary N) is 2. The lowest BCUT2D eigenvalue weighted by Crippen LogP contribution is -1.86. The van der Waals surface area contributed by atoms with Crippen LogP contribution in [-0.4, -0.2) is 12.5 Å². The highest BCUT2D eigenvalue weighted by atomic mass is 31.1. The number of rotatable bonds is 3. The molecule has 2 N–H and O–H groups in total. The highest BCUT2D eigenvalue weighted by Crippen LogP contribution is 2.29. The lowest BCUT2D eigenvalue weighted by atomic mass is 10.9. The van der Waals surface area contributed by atoms with E-state index in [1.807, 2.05) is 6.92 Å². The molecule has 0 aromatic rings. The quantitative estimate of drug-likeness (QED) is 0.419. The molecule has 5 heteroatoms. The molecule has 0 spiro atoms. The molecule has 1 aliphatic heterocycles. The standard InChI is InChI=1S/C3H9N2O2P/c1-2-7-8(6)3-4-5-3/h3-5,8H,2H2,1H3. The SMILES string of the molecule is CCO[PH](=O)C1NN1. The first-order valence-corrected chi connectivity index (χ1v) is 3.91. The van der Waals surface area contributed by atoms with Crippen LogP contribution in [0.15, 0.2) is 0 Å². The molecule has 8 heavy (non-hydrogen) atoms. The first-order chi connectivity index (χ1) is 3.84. The Morgan fingerprint density at radius 3 is 2.75 bits per heavy atom. The van der Waals surface area contributed by atoms with E-state index < -0.39 is 8.03 Å². The fourth-order valence-electron chi connectivity index (χ4n) is 0.385. The van der Waals surface area contributed by atoms with Crippen molar-refractivity contribution in [2.45, 2.75) is 12.8 Å². The Kier molecular flexibility index (Phi) is 2.02. The van der Waals surface area contributed by atoms with Crippen molar-refractivity contribution in [2.24, 2.45) is 0 Å². The largest absolute Gasteiger partial charge is 0.329 e. The highest BCUT2D eigenvalue weighted by molar-refractivity contribution is 7.40. The van der Waals surface area contributed by atoms with Crippen LogP contribution in [0.1, 0.15) is 6.92 Å². The van der Waals surface area contributed by atoms with Gasteiger partial charge in [0.05, 0.1) is 6.61 Å². The summed E-state index contributed by atoms with van der Waals surface area (Å²) in [6.45, 7) is 2.35. The van der Waals surface area contributed by atoms with Gasteiger partial charge in [-0.3, -0.25) is 4.57 Å². The Morgan fingerprint density at radius 2 is 2.38 bits per heavy atom. The Hall–Kier alpha value is 0.110. The van der Waals surface area contributed by atoms with E-state index in [2.05, 4.69) is 10.9 Å². The van der Waals surface area contributed by atoms with Crippen molar-refractivity contribution >= 4 is 8.03 Å². The molecule has 1 aliphatic rings. The van der Waals surface area contributed by atoms with Crippen LogP contribution in [0, 0.1) is 0 Å². The Labute approximate surface area is 48.4 Å². The smallest absolute Gasteiger partial charge is 0.224 e. The molecule has 1 saturated heterocycles. The van der Waals surface area contributed by atoms with Crippen LogP contribution in [0.2, 0.25) is 0 Å². The summed E-state index contributed by atoms with van der Waals surface area (Å²) in [5.74, 6) is -0.0556. The molecule has 0 saturated carbocycles. The first kappa shape index (κ1) is 6.23. The van der Waals surface area contributed by atoms with Crippen LogP contribution >= 0.6 is 8.03 Å². The molecular formula is C3H9N2O2P. The molecule has 0 bridgehead atoms. The monoisotopic (exact) mass is 136 g/mol. The third-order valence-electron chi connectivity index (χ3n) is 0.811. The summed E-state index contributed by atoms with van der Waals surface area (Å²) in [7, 11) is -1.82. The van der Waals surface area contributed by atoms with Crippen molar-refractivity contribution in [3.05, 3.63) is 0 Å². The Morgan fingerprint density at radius 1 is 1.75 bits per heavy atom. The van der Waals surface area contributed by atoms with Gasteiger partial charge in [0.2, 0.25) is 8.03 Å². The Bertz CT molecular complexity index is 103. The minimum atomic E-state index is -1.82. The van der Waals surface area contributed by atoms with Gasteiger partial charge in [-0.25, -0.2) is 10.9 Å². The molecule has 0 aromatic heterocycles. The van der Waals surface area contributed by atoms with E-state index in [1.165, 1.54) is 0 Å². The summed E-state index contributed by atoms with van der Waals surface area (Å²) in [5.41, 5.74) is 5.35. The maximum atomic E-state index is 10.6. The van der Waals surface area contributed by atoms with Crippen molar-refractivity contribution < 1.29 is 9.09 Å². The van der Waals surface area contributed by atoms with Gasteiger partial charge in [-0.05, 0) is 6.92 Å². The predicted molar refractivity (Wildman–Crippen MR) is 30.7 cm³/mol. The van der Waals surface area contributed by atoms with E-state index in [-0.39, 0.29) is 5.91 Å². The van der Waals surface area contributed by atoms with Gasteiger partial charge in [0, 0.05) is 0 Å². The topological polar surface area (TPSA) is 70.2 Å². The van der Waals surface area contributed by atoms with Gasteiger partial charge in [-0.15, -0.1) is 0 Å². The van der Waals surface area contributed by atoms with Crippen LogP contribution in [0.25, 0.3) is 0 Å². The van der Waals surface area contributed by atoms with Gasteiger partial charge >= 0.3 is 0 Å². The second-order valence-electron chi connectivity index (χ2n) is 1.47. The predicted octanol–water partition coefficient (Wildman–Crippen LogP) is -0.111. The van der Waals surface area contributed by atoms with E-state index in [0.717, 1.165) is 0 Å². The second kappa shape index (κ2) is 2.60. The molecule has 1 rings (SSSR count). The van der Waals surface area contributed by atoms with Gasteiger partial charge in [-0.2, -0.15) is 0 Å². The van der Waals surface area contributed by atoms with Gasteiger partial charge in [0.1, 0.15) is 0 Å². The fourth-order valence-corrected chi connectivity index (χ4v) is 1.16. The normalized spacial score (nSPS) is 23.1. The third kappa shape index (κ3) is 1.56. The summed E-state index contributed by atoms with van der Waals surface area (Å²) < 4.78 is 15.4. The van der Waals surface area contributed by atoms with Crippen LogP contribution in [-0.2, 0) is 9.09 Å². The number of hydrazine groups is 1. The molecule has 0 radical (unpaired) electrons. The summed E-state index contributed by atoms with van der Waals surface area (Å²) in [6, 6.07) is 0. The Balaban J connectivity index is 2.13. The van der Waals surface area contributed by atoms with Crippen LogP contribution in [0.3, 0.4) is 0 Å².